The second kappa shape index (κ2) is 5.60. The van der Waals surface area contributed by atoms with Gasteiger partial charge in [-0.2, -0.15) is 4.39 Å². The number of halogens is 2. The fourth-order valence-corrected chi connectivity index (χ4v) is 2.73. The Bertz CT molecular complexity index is 688. The highest BCUT2D eigenvalue weighted by atomic mass is 19.2. The Hall–Kier alpha value is -2.30. The molecular formula is C16H14F2N2O. The first kappa shape index (κ1) is 13.7. The van der Waals surface area contributed by atoms with Gasteiger partial charge in [-0.1, -0.05) is 24.3 Å². The molecule has 1 aliphatic rings. The van der Waals surface area contributed by atoms with Crippen LogP contribution >= 0.6 is 0 Å². The number of pyridine rings is 1. The molecule has 1 heterocycles. The molecule has 3 rings (SSSR count). The Morgan fingerprint density at radius 2 is 2.05 bits per heavy atom. The van der Waals surface area contributed by atoms with Crippen molar-refractivity contribution >= 4 is 5.91 Å². The van der Waals surface area contributed by atoms with E-state index >= 15 is 0 Å². The van der Waals surface area contributed by atoms with Crippen LogP contribution in [0.25, 0.3) is 0 Å². The normalized spacial score (nSPS) is 17.1. The van der Waals surface area contributed by atoms with Gasteiger partial charge in [-0.3, -0.25) is 4.79 Å². The first-order valence-electron chi connectivity index (χ1n) is 6.85. The number of carbonyl (C=O) groups excluding carboxylic acids is 1. The lowest BCUT2D eigenvalue weighted by atomic mass is 9.87. The summed E-state index contributed by atoms with van der Waals surface area (Å²) in [6.07, 6.45) is 3.80. The molecule has 0 saturated heterocycles. The molecule has 108 valence electrons. The zero-order chi connectivity index (χ0) is 14.8. The van der Waals surface area contributed by atoms with Crippen molar-refractivity contribution in [2.24, 2.45) is 0 Å². The second-order valence-corrected chi connectivity index (χ2v) is 5.08. The van der Waals surface area contributed by atoms with Gasteiger partial charge >= 0.3 is 0 Å². The SMILES string of the molecule is O=C(NC1CCCc2ccccc21)c1ccnc(F)c1F. The molecule has 0 spiro atoms. The monoisotopic (exact) mass is 288 g/mol. The van der Waals surface area contributed by atoms with Gasteiger partial charge in [0.25, 0.3) is 5.91 Å². The maximum absolute atomic E-state index is 13.6. The van der Waals surface area contributed by atoms with Crippen molar-refractivity contribution in [1.29, 1.82) is 0 Å². The summed E-state index contributed by atoms with van der Waals surface area (Å²) in [7, 11) is 0. The predicted octanol–water partition coefficient (Wildman–Crippen LogP) is 3.17. The first-order chi connectivity index (χ1) is 10.2. The summed E-state index contributed by atoms with van der Waals surface area (Å²) in [6, 6.07) is 8.88. The summed E-state index contributed by atoms with van der Waals surface area (Å²) in [5, 5.41) is 2.79. The Morgan fingerprint density at radius 3 is 2.90 bits per heavy atom. The van der Waals surface area contributed by atoms with Crippen LogP contribution in [0.3, 0.4) is 0 Å². The topological polar surface area (TPSA) is 42.0 Å². The fraction of sp³-hybridized carbons (Fsp3) is 0.250. The summed E-state index contributed by atoms with van der Waals surface area (Å²) in [6.45, 7) is 0. The van der Waals surface area contributed by atoms with Crippen LogP contribution in [0.15, 0.2) is 36.5 Å². The van der Waals surface area contributed by atoms with E-state index in [1.165, 1.54) is 11.6 Å². The van der Waals surface area contributed by atoms with E-state index in [4.69, 9.17) is 0 Å². The lowest BCUT2D eigenvalue weighted by Gasteiger charge is -2.26. The van der Waals surface area contributed by atoms with E-state index in [0.29, 0.717) is 0 Å². The number of carbonyl (C=O) groups is 1. The molecule has 0 aliphatic heterocycles. The molecule has 5 heteroatoms. The van der Waals surface area contributed by atoms with Gasteiger partial charge in [0.05, 0.1) is 11.6 Å². The van der Waals surface area contributed by atoms with Crippen LogP contribution in [0.5, 0.6) is 0 Å². The van der Waals surface area contributed by atoms with E-state index in [2.05, 4.69) is 10.3 Å². The quantitative estimate of drug-likeness (QED) is 0.862. The summed E-state index contributed by atoms with van der Waals surface area (Å²) in [5.41, 5.74) is 1.92. The third-order valence-corrected chi connectivity index (χ3v) is 3.77. The minimum atomic E-state index is -1.26. The van der Waals surface area contributed by atoms with Crippen molar-refractivity contribution in [2.45, 2.75) is 25.3 Å². The van der Waals surface area contributed by atoms with Crippen molar-refractivity contribution in [3.63, 3.8) is 0 Å². The Morgan fingerprint density at radius 1 is 1.24 bits per heavy atom. The van der Waals surface area contributed by atoms with Crippen LogP contribution in [0, 0.1) is 11.8 Å². The fourth-order valence-electron chi connectivity index (χ4n) is 2.73. The summed E-state index contributed by atoms with van der Waals surface area (Å²) in [5.74, 6) is -3.08. The van der Waals surface area contributed by atoms with Crippen LogP contribution in [0.1, 0.15) is 40.4 Å². The average Bonchev–Trinajstić information content (AvgIpc) is 2.50. The second-order valence-electron chi connectivity index (χ2n) is 5.08. The molecule has 1 aliphatic carbocycles. The largest absolute Gasteiger partial charge is 0.345 e. The smallest absolute Gasteiger partial charge is 0.254 e. The van der Waals surface area contributed by atoms with E-state index in [1.54, 1.807) is 0 Å². The Kier molecular flexibility index (Phi) is 3.64. The number of nitrogens with one attached hydrogen (secondary N) is 1. The molecule has 0 fully saturated rings. The van der Waals surface area contributed by atoms with Crippen molar-refractivity contribution in [3.8, 4) is 0 Å². The number of amides is 1. The summed E-state index contributed by atoms with van der Waals surface area (Å²) >= 11 is 0. The number of hydrogen-bond acceptors (Lipinski definition) is 2. The standard InChI is InChI=1S/C16H14F2N2O/c17-14-12(8-9-19-15(14)18)16(21)20-13-7-3-5-10-4-1-2-6-11(10)13/h1-2,4,6,8-9,13H,3,5,7H2,(H,20,21). The van der Waals surface area contributed by atoms with Gasteiger partial charge in [-0.25, -0.2) is 9.37 Å². The molecule has 2 aromatic rings. The van der Waals surface area contributed by atoms with E-state index in [9.17, 15) is 13.6 Å². The van der Waals surface area contributed by atoms with Gasteiger partial charge in [-0.05, 0) is 36.5 Å². The minimum absolute atomic E-state index is 0.168. The minimum Gasteiger partial charge on any atom is -0.345 e. The first-order valence-corrected chi connectivity index (χ1v) is 6.85. The Balaban J connectivity index is 1.85. The molecule has 1 aromatic heterocycles. The van der Waals surface area contributed by atoms with E-state index in [-0.39, 0.29) is 11.6 Å². The molecule has 0 bridgehead atoms. The van der Waals surface area contributed by atoms with Gasteiger partial charge in [0, 0.05) is 6.20 Å². The molecule has 1 amide bonds. The van der Waals surface area contributed by atoms with Gasteiger partial charge in [0.2, 0.25) is 5.95 Å². The van der Waals surface area contributed by atoms with Gasteiger partial charge in [0.15, 0.2) is 5.82 Å². The number of benzene rings is 1. The molecule has 3 nitrogen and oxygen atoms in total. The third-order valence-electron chi connectivity index (χ3n) is 3.77. The summed E-state index contributed by atoms with van der Waals surface area (Å²) in [4.78, 5) is 15.3. The number of aryl methyl sites for hydroxylation is 1. The molecule has 1 atom stereocenters. The number of fused-ring (bicyclic) bond motifs is 1. The molecule has 0 saturated carbocycles. The Labute approximate surface area is 121 Å². The lowest BCUT2D eigenvalue weighted by molar-refractivity contribution is 0.0927. The zero-order valence-electron chi connectivity index (χ0n) is 11.3. The maximum Gasteiger partial charge on any atom is 0.254 e. The van der Waals surface area contributed by atoms with E-state index < -0.39 is 17.7 Å². The maximum atomic E-state index is 13.6. The molecule has 0 radical (unpaired) electrons. The van der Waals surface area contributed by atoms with Gasteiger partial charge < -0.3 is 5.32 Å². The van der Waals surface area contributed by atoms with Crippen LogP contribution < -0.4 is 5.32 Å². The van der Waals surface area contributed by atoms with Crippen LogP contribution in [0.2, 0.25) is 0 Å². The van der Waals surface area contributed by atoms with Crippen molar-refractivity contribution < 1.29 is 13.6 Å². The van der Waals surface area contributed by atoms with Crippen LogP contribution in [-0.4, -0.2) is 10.9 Å². The van der Waals surface area contributed by atoms with Gasteiger partial charge in [0.1, 0.15) is 0 Å². The highest BCUT2D eigenvalue weighted by Gasteiger charge is 2.24. The zero-order valence-corrected chi connectivity index (χ0v) is 11.3. The number of nitrogens with zero attached hydrogens (tertiary/aromatic N) is 1. The van der Waals surface area contributed by atoms with Crippen LogP contribution in [-0.2, 0) is 6.42 Å². The number of hydrogen-bond donors (Lipinski definition) is 1. The van der Waals surface area contributed by atoms with Crippen LogP contribution in [0.4, 0.5) is 8.78 Å². The number of rotatable bonds is 2. The van der Waals surface area contributed by atoms with E-state index in [1.807, 2.05) is 24.3 Å². The van der Waals surface area contributed by atoms with Crippen molar-refractivity contribution in [1.82, 2.24) is 10.3 Å². The highest BCUT2D eigenvalue weighted by molar-refractivity contribution is 5.94. The number of aromatic nitrogens is 1. The third kappa shape index (κ3) is 2.63. The predicted molar refractivity (Wildman–Crippen MR) is 73.7 cm³/mol. The summed E-state index contributed by atoms with van der Waals surface area (Å²) < 4.78 is 26.7. The lowest BCUT2D eigenvalue weighted by Crippen LogP contribution is -2.31. The molecule has 1 N–H and O–H groups in total. The van der Waals surface area contributed by atoms with Crippen molar-refractivity contribution in [3.05, 3.63) is 65.0 Å². The van der Waals surface area contributed by atoms with Gasteiger partial charge in [-0.15, -0.1) is 0 Å². The molecule has 1 aromatic carbocycles. The molecule has 1 unspecified atom stereocenters. The van der Waals surface area contributed by atoms with E-state index in [0.717, 1.165) is 31.0 Å². The molecule has 21 heavy (non-hydrogen) atoms. The highest BCUT2D eigenvalue weighted by Crippen LogP contribution is 2.29. The average molecular weight is 288 g/mol. The van der Waals surface area contributed by atoms with Crippen molar-refractivity contribution in [2.75, 3.05) is 0 Å². The molecular weight excluding hydrogens is 274 g/mol.